The molecular weight excluding hydrogens is 176 g/mol. The van der Waals surface area contributed by atoms with Gasteiger partial charge in [0.2, 0.25) is 0 Å². The van der Waals surface area contributed by atoms with Crippen LogP contribution in [0.15, 0.2) is 12.4 Å². The Balaban J connectivity index is 2.37. The largest absolute Gasteiger partial charge is 0.381 e. The van der Waals surface area contributed by atoms with Crippen molar-refractivity contribution in [1.82, 2.24) is 9.97 Å². The number of nitrogens with zero attached hydrogens (tertiary/aromatic N) is 2. The van der Waals surface area contributed by atoms with E-state index in [9.17, 15) is 0 Å². The predicted molar refractivity (Wildman–Crippen MR) is 47.2 cm³/mol. The maximum atomic E-state index is 5.62. The van der Waals surface area contributed by atoms with Crippen molar-refractivity contribution in [2.24, 2.45) is 0 Å². The second-order valence-corrected chi connectivity index (χ2v) is 2.70. The molecule has 12 heavy (non-hydrogen) atoms. The molecule has 0 amide bonds. The number of aromatic nitrogens is 2. The highest BCUT2D eigenvalue weighted by atomic mass is 35.5. The van der Waals surface area contributed by atoms with Crippen molar-refractivity contribution in [1.29, 1.82) is 0 Å². The Morgan fingerprint density at radius 2 is 2.08 bits per heavy atom. The van der Waals surface area contributed by atoms with Crippen molar-refractivity contribution in [2.45, 2.75) is 13.3 Å². The highest BCUT2D eigenvalue weighted by Crippen LogP contribution is 2.02. The van der Waals surface area contributed by atoms with E-state index in [2.05, 4.69) is 9.97 Å². The summed E-state index contributed by atoms with van der Waals surface area (Å²) in [7, 11) is 0. The van der Waals surface area contributed by atoms with Crippen LogP contribution in [0.3, 0.4) is 0 Å². The third-order valence-electron chi connectivity index (χ3n) is 1.35. The van der Waals surface area contributed by atoms with Gasteiger partial charge in [-0.1, -0.05) is 11.6 Å². The van der Waals surface area contributed by atoms with E-state index in [4.69, 9.17) is 16.3 Å². The summed E-state index contributed by atoms with van der Waals surface area (Å²) in [4.78, 5) is 8.05. The Labute approximate surface area is 76.7 Å². The zero-order chi connectivity index (χ0) is 8.81. The zero-order valence-electron chi connectivity index (χ0n) is 6.96. The molecule has 0 aliphatic carbocycles. The average molecular weight is 187 g/mol. The summed E-state index contributed by atoms with van der Waals surface area (Å²) >= 11 is 5.62. The standard InChI is InChI=1S/C8H11ClN2O/c1-2-12-4-3-8-10-5-7(9)6-11-8/h5-6H,2-4H2,1H3. The molecule has 0 unspecified atom stereocenters. The Morgan fingerprint density at radius 3 is 2.67 bits per heavy atom. The second-order valence-electron chi connectivity index (χ2n) is 2.26. The first-order chi connectivity index (χ1) is 5.83. The molecule has 1 heterocycles. The molecule has 0 N–H and O–H groups in total. The number of hydrogen-bond donors (Lipinski definition) is 0. The second kappa shape index (κ2) is 5.06. The van der Waals surface area contributed by atoms with Gasteiger partial charge in [0.15, 0.2) is 0 Å². The van der Waals surface area contributed by atoms with Crippen LogP contribution >= 0.6 is 11.6 Å². The van der Waals surface area contributed by atoms with Crippen molar-refractivity contribution < 1.29 is 4.74 Å². The maximum Gasteiger partial charge on any atom is 0.130 e. The molecule has 0 radical (unpaired) electrons. The van der Waals surface area contributed by atoms with Crippen molar-refractivity contribution in [2.75, 3.05) is 13.2 Å². The third kappa shape index (κ3) is 3.15. The van der Waals surface area contributed by atoms with Crippen molar-refractivity contribution in [3.05, 3.63) is 23.2 Å². The molecule has 0 spiro atoms. The summed E-state index contributed by atoms with van der Waals surface area (Å²) in [6.45, 7) is 3.36. The summed E-state index contributed by atoms with van der Waals surface area (Å²) < 4.78 is 5.15. The van der Waals surface area contributed by atoms with Gasteiger partial charge in [-0.05, 0) is 6.92 Å². The predicted octanol–water partition coefficient (Wildman–Crippen LogP) is 1.71. The Bertz CT molecular complexity index is 225. The van der Waals surface area contributed by atoms with E-state index < -0.39 is 0 Å². The van der Waals surface area contributed by atoms with Gasteiger partial charge < -0.3 is 4.74 Å². The minimum atomic E-state index is 0.565. The SMILES string of the molecule is CCOCCc1ncc(Cl)cn1. The van der Waals surface area contributed by atoms with Gasteiger partial charge in [0.05, 0.1) is 11.6 Å². The molecule has 0 aliphatic heterocycles. The van der Waals surface area contributed by atoms with Gasteiger partial charge in [-0.15, -0.1) is 0 Å². The summed E-state index contributed by atoms with van der Waals surface area (Å²) in [5.74, 6) is 0.771. The molecule has 0 saturated heterocycles. The molecule has 4 heteroatoms. The summed E-state index contributed by atoms with van der Waals surface area (Å²) in [5.41, 5.74) is 0. The fraction of sp³-hybridized carbons (Fsp3) is 0.500. The molecule has 66 valence electrons. The molecule has 0 bridgehead atoms. The fourth-order valence-electron chi connectivity index (χ4n) is 0.776. The van der Waals surface area contributed by atoms with Crippen LogP contribution in [-0.2, 0) is 11.2 Å². The first kappa shape index (κ1) is 9.42. The third-order valence-corrected chi connectivity index (χ3v) is 1.54. The minimum Gasteiger partial charge on any atom is -0.381 e. The van der Waals surface area contributed by atoms with Crippen LogP contribution < -0.4 is 0 Å². The molecule has 0 aromatic carbocycles. The van der Waals surface area contributed by atoms with Crippen LogP contribution in [0.4, 0.5) is 0 Å². The molecule has 0 aliphatic rings. The van der Waals surface area contributed by atoms with Gasteiger partial charge in [0.1, 0.15) is 5.82 Å². The Morgan fingerprint density at radius 1 is 1.42 bits per heavy atom. The topological polar surface area (TPSA) is 35.0 Å². The lowest BCUT2D eigenvalue weighted by Gasteiger charge is -1.99. The molecule has 3 nitrogen and oxygen atoms in total. The monoisotopic (exact) mass is 186 g/mol. The molecule has 1 aromatic rings. The Hall–Kier alpha value is -0.670. The van der Waals surface area contributed by atoms with Gasteiger partial charge in [0, 0.05) is 25.4 Å². The van der Waals surface area contributed by atoms with Crippen LogP contribution in [0.5, 0.6) is 0 Å². The molecular formula is C8H11ClN2O. The smallest absolute Gasteiger partial charge is 0.130 e. The number of rotatable bonds is 4. The Kier molecular flexibility index (Phi) is 3.97. The zero-order valence-corrected chi connectivity index (χ0v) is 7.71. The maximum absolute atomic E-state index is 5.62. The lowest BCUT2D eigenvalue weighted by Crippen LogP contribution is -2.01. The van der Waals surface area contributed by atoms with E-state index in [1.54, 1.807) is 12.4 Å². The highest BCUT2D eigenvalue weighted by Gasteiger charge is 1.95. The van der Waals surface area contributed by atoms with Gasteiger partial charge in [-0.25, -0.2) is 9.97 Å². The van der Waals surface area contributed by atoms with Crippen LogP contribution in [0.1, 0.15) is 12.7 Å². The van der Waals surface area contributed by atoms with Crippen LogP contribution in [-0.4, -0.2) is 23.2 Å². The minimum absolute atomic E-state index is 0.565. The van der Waals surface area contributed by atoms with E-state index in [-0.39, 0.29) is 0 Å². The van der Waals surface area contributed by atoms with Crippen molar-refractivity contribution in [3.8, 4) is 0 Å². The number of halogens is 1. The van der Waals surface area contributed by atoms with Gasteiger partial charge in [-0.3, -0.25) is 0 Å². The molecule has 0 fully saturated rings. The van der Waals surface area contributed by atoms with E-state index in [1.807, 2.05) is 6.92 Å². The van der Waals surface area contributed by atoms with Gasteiger partial charge in [-0.2, -0.15) is 0 Å². The lowest BCUT2D eigenvalue weighted by molar-refractivity contribution is 0.149. The molecule has 1 aromatic heterocycles. The number of hydrogen-bond acceptors (Lipinski definition) is 3. The van der Waals surface area contributed by atoms with Crippen LogP contribution in [0, 0.1) is 0 Å². The van der Waals surface area contributed by atoms with E-state index in [0.29, 0.717) is 11.6 Å². The molecule has 0 saturated carbocycles. The van der Waals surface area contributed by atoms with Crippen LogP contribution in [0.25, 0.3) is 0 Å². The van der Waals surface area contributed by atoms with E-state index in [1.165, 1.54) is 0 Å². The first-order valence-corrected chi connectivity index (χ1v) is 4.25. The lowest BCUT2D eigenvalue weighted by atomic mass is 10.4. The quantitative estimate of drug-likeness (QED) is 0.672. The summed E-state index contributed by atoms with van der Waals surface area (Å²) in [6, 6.07) is 0. The van der Waals surface area contributed by atoms with Crippen molar-refractivity contribution in [3.63, 3.8) is 0 Å². The molecule has 0 atom stereocenters. The van der Waals surface area contributed by atoms with Crippen LogP contribution in [0.2, 0.25) is 5.02 Å². The summed E-state index contributed by atoms with van der Waals surface area (Å²) in [5, 5.41) is 0.565. The fourth-order valence-corrected chi connectivity index (χ4v) is 0.874. The molecule has 1 rings (SSSR count). The average Bonchev–Trinajstić information content (AvgIpc) is 2.09. The number of ether oxygens (including phenoxy) is 1. The normalized spacial score (nSPS) is 10.2. The summed E-state index contributed by atoms with van der Waals surface area (Å²) in [6.07, 6.45) is 3.93. The first-order valence-electron chi connectivity index (χ1n) is 3.87. The van der Waals surface area contributed by atoms with E-state index in [0.717, 1.165) is 18.9 Å². The highest BCUT2D eigenvalue weighted by molar-refractivity contribution is 6.30. The van der Waals surface area contributed by atoms with Crippen molar-refractivity contribution >= 4 is 11.6 Å². The van der Waals surface area contributed by atoms with Gasteiger partial charge in [0.25, 0.3) is 0 Å². The van der Waals surface area contributed by atoms with Gasteiger partial charge >= 0.3 is 0 Å². The van der Waals surface area contributed by atoms with E-state index >= 15 is 0 Å².